The standard InChI is InChI=1S/C10H21N5O2/c1-7(9(16)13-10(12)17)15-4-3-14(2)6-8(15)5-11/h7-8H,3-6,11H2,1-2H3,(H3,12,13,16,17). The molecule has 1 saturated heterocycles. The lowest BCUT2D eigenvalue weighted by Crippen LogP contribution is -2.61. The predicted octanol–water partition coefficient (Wildman–Crippen LogP) is -1.86. The fourth-order valence-corrected chi connectivity index (χ4v) is 2.12. The molecule has 3 amide bonds. The van der Waals surface area contributed by atoms with Crippen molar-refractivity contribution in [1.82, 2.24) is 15.1 Å². The van der Waals surface area contributed by atoms with Gasteiger partial charge >= 0.3 is 6.03 Å². The van der Waals surface area contributed by atoms with Crippen molar-refractivity contribution in [3.8, 4) is 0 Å². The van der Waals surface area contributed by atoms with Gasteiger partial charge in [-0.05, 0) is 14.0 Å². The summed E-state index contributed by atoms with van der Waals surface area (Å²) in [5.41, 5.74) is 10.6. The number of nitrogens with two attached hydrogens (primary N) is 2. The Balaban J connectivity index is 2.63. The molecule has 5 N–H and O–H groups in total. The first kappa shape index (κ1) is 13.9. The maximum absolute atomic E-state index is 11.7. The maximum atomic E-state index is 11.7. The smallest absolute Gasteiger partial charge is 0.318 e. The molecule has 1 aliphatic heterocycles. The second-order valence-corrected chi connectivity index (χ2v) is 4.42. The summed E-state index contributed by atoms with van der Waals surface area (Å²) in [5.74, 6) is -0.375. The Kier molecular flexibility index (Phi) is 4.86. The molecule has 0 bridgehead atoms. The summed E-state index contributed by atoms with van der Waals surface area (Å²) in [7, 11) is 2.02. The lowest BCUT2D eigenvalue weighted by Gasteiger charge is -2.42. The van der Waals surface area contributed by atoms with E-state index < -0.39 is 12.1 Å². The van der Waals surface area contributed by atoms with Gasteiger partial charge < -0.3 is 16.4 Å². The second-order valence-electron chi connectivity index (χ2n) is 4.42. The number of carbonyl (C=O) groups is 2. The number of carbonyl (C=O) groups excluding carboxylic acids is 2. The molecule has 0 aromatic rings. The summed E-state index contributed by atoms with van der Waals surface area (Å²) in [6.07, 6.45) is 0. The highest BCUT2D eigenvalue weighted by Gasteiger charge is 2.31. The van der Waals surface area contributed by atoms with E-state index in [4.69, 9.17) is 11.5 Å². The molecule has 0 saturated carbocycles. The number of primary amides is 1. The van der Waals surface area contributed by atoms with Crippen LogP contribution in [0.1, 0.15) is 6.92 Å². The zero-order chi connectivity index (χ0) is 13.0. The van der Waals surface area contributed by atoms with Gasteiger partial charge in [0, 0.05) is 32.2 Å². The van der Waals surface area contributed by atoms with Crippen molar-refractivity contribution in [2.24, 2.45) is 11.5 Å². The third-order valence-corrected chi connectivity index (χ3v) is 3.13. The van der Waals surface area contributed by atoms with Gasteiger partial charge in [-0.15, -0.1) is 0 Å². The van der Waals surface area contributed by atoms with Gasteiger partial charge in [0.05, 0.1) is 6.04 Å². The zero-order valence-electron chi connectivity index (χ0n) is 10.3. The van der Waals surface area contributed by atoms with Crippen molar-refractivity contribution in [3.63, 3.8) is 0 Å². The second kappa shape index (κ2) is 5.95. The van der Waals surface area contributed by atoms with E-state index >= 15 is 0 Å². The van der Waals surface area contributed by atoms with Crippen LogP contribution < -0.4 is 16.8 Å². The van der Waals surface area contributed by atoms with Crippen LogP contribution in [-0.2, 0) is 4.79 Å². The first-order chi connectivity index (χ1) is 7.95. The molecule has 98 valence electrons. The van der Waals surface area contributed by atoms with Gasteiger partial charge in [-0.25, -0.2) is 4.79 Å². The molecule has 7 heteroatoms. The lowest BCUT2D eigenvalue weighted by molar-refractivity contribution is -0.126. The number of nitrogens with one attached hydrogen (secondary N) is 1. The first-order valence-electron chi connectivity index (χ1n) is 5.70. The topological polar surface area (TPSA) is 105 Å². The van der Waals surface area contributed by atoms with Crippen molar-refractivity contribution in [2.75, 3.05) is 33.2 Å². The molecular formula is C10H21N5O2. The van der Waals surface area contributed by atoms with Crippen LogP contribution in [0, 0.1) is 0 Å². The number of amides is 3. The van der Waals surface area contributed by atoms with Gasteiger partial charge in [-0.2, -0.15) is 0 Å². The molecule has 1 fully saturated rings. The van der Waals surface area contributed by atoms with Crippen LogP contribution in [0.3, 0.4) is 0 Å². The summed E-state index contributed by atoms with van der Waals surface area (Å²) in [6, 6.07) is -1.09. The van der Waals surface area contributed by atoms with Crippen molar-refractivity contribution in [3.05, 3.63) is 0 Å². The van der Waals surface area contributed by atoms with Gasteiger partial charge in [0.1, 0.15) is 0 Å². The number of urea groups is 1. The Bertz CT molecular complexity index is 296. The van der Waals surface area contributed by atoms with Crippen LogP contribution in [0.2, 0.25) is 0 Å². The van der Waals surface area contributed by atoms with Gasteiger partial charge in [0.2, 0.25) is 5.91 Å². The van der Waals surface area contributed by atoms with Crippen molar-refractivity contribution in [2.45, 2.75) is 19.0 Å². The molecular weight excluding hydrogens is 222 g/mol. The minimum atomic E-state index is -0.819. The van der Waals surface area contributed by atoms with Crippen molar-refractivity contribution in [1.29, 1.82) is 0 Å². The van der Waals surface area contributed by atoms with Crippen LogP contribution in [0.4, 0.5) is 4.79 Å². The minimum absolute atomic E-state index is 0.127. The highest BCUT2D eigenvalue weighted by atomic mass is 16.2. The third kappa shape index (κ3) is 3.65. The molecule has 1 aliphatic rings. The zero-order valence-corrected chi connectivity index (χ0v) is 10.3. The molecule has 2 unspecified atom stereocenters. The van der Waals surface area contributed by atoms with E-state index in [1.54, 1.807) is 6.92 Å². The molecule has 0 spiro atoms. The van der Waals surface area contributed by atoms with E-state index in [0.717, 1.165) is 19.6 Å². The molecule has 0 radical (unpaired) electrons. The van der Waals surface area contributed by atoms with Gasteiger partial charge in [0.25, 0.3) is 0 Å². The highest BCUT2D eigenvalue weighted by molar-refractivity contribution is 5.96. The Morgan fingerprint density at radius 3 is 2.65 bits per heavy atom. The van der Waals surface area contributed by atoms with E-state index in [1.165, 1.54) is 0 Å². The normalized spacial score (nSPS) is 24.3. The number of likely N-dealkylation sites (N-methyl/N-ethyl adjacent to an activating group) is 1. The summed E-state index contributed by atoms with van der Waals surface area (Å²) >= 11 is 0. The van der Waals surface area contributed by atoms with Crippen LogP contribution in [-0.4, -0.2) is 67.0 Å². The summed E-state index contributed by atoms with van der Waals surface area (Å²) < 4.78 is 0. The monoisotopic (exact) mass is 243 g/mol. The predicted molar refractivity (Wildman–Crippen MR) is 64.2 cm³/mol. The van der Waals surface area contributed by atoms with Crippen LogP contribution in [0.15, 0.2) is 0 Å². The fraction of sp³-hybridized carbons (Fsp3) is 0.800. The molecule has 7 nitrogen and oxygen atoms in total. The SMILES string of the molecule is CC(C(=O)NC(N)=O)N1CCN(C)CC1CN. The van der Waals surface area contributed by atoms with Gasteiger partial charge in [-0.1, -0.05) is 0 Å². The van der Waals surface area contributed by atoms with Gasteiger partial charge in [-0.3, -0.25) is 15.0 Å². The van der Waals surface area contributed by atoms with E-state index in [-0.39, 0.29) is 11.9 Å². The molecule has 17 heavy (non-hydrogen) atoms. The third-order valence-electron chi connectivity index (χ3n) is 3.13. The van der Waals surface area contributed by atoms with Crippen molar-refractivity contribution < 1.29 is 9.59 Å². The molecule has 0 aromatic heterocycles. The molecule has 1 heterocycles. The fourth-order valence-electron chi connectivity index (χ4n) is 2.12. The Morgan fingerprint density at radius 1 is 1.47 bits per heavy atom. The molecule has 0 aromatic carbocycles. The molecule has 2 atom stereocenters. The van der Waals surface area contributed by atoms with Crippen LogP contribution >= 0.6 is 0 Å². The van der Waals surface area contributed by atoms with Crippen molar-refractivity contribution >= 4 is 11.9 Å². The average Bonchev–Trinajstić information content (AvgIpc) is 2.27. The van der Waals surface area contributed by atoms with E-state index in [1.807, 2.05) is 11.9 Å². The van der Waals surface area contributed by atoms with E-state index in [0.29, 0.717) is 6.54 Å². The minimum Gasteiger partial charge on any atom is -0.351 e. The summed E-state index contributed by atoms with van der Waals surface area (Å²) in [4.78, 5) is 26.5. The van der Waals surface area contributed by atoms with Crippen LogP contribution in [0.5, 0.6) is 0 Å². The summed E-state index contributed by atoms with van der Waals surface area (Å²) in [6.45, 7) is 4.70. The van der Waals surface area contributed by atoms with Gasteiger partial charge in [0.15, 0.2) is 0 Å². The van der Waals surface area contributed by atoms with E-state index in [9.17, 15) is 9.59 Å². The number of imide groups is 1. The quantitative estimate of drug-likeness (QED) is 0.539. The number of nitrogens with zero attached hydrogens (tertiary/aromatic N) is 2. The maximum Gasteiger partial charge on any atom is 0.318 e. The highest BCUT2D eigenvalue weighted by Crippen LogP contribution is 2.11. The number of piperazine rings is 1. The van der Waals surface area contributed by atoms with E-state index in [2.05, 4.69) is 10.2 Å². The Morgan fingerprint density at radius 2 is 2.12 bits per heavy atom. The molecule has 1 rings (SSSR count). The van der Waals surface area contributed by atoms with Crippen LogP contribution in [0.25, 0.3) is 0 Å². The number of hydrogen-bond acceptors (Lipinski definition) is 5. The molecule has 0 aliphatic carbocycles. The number of hydrogen-bond donors (Lipinski definition) is 3. The first-order valence-corrected chi connectivity index (χ1v) is 5.70. The largest absolute Gasteiger partial charge is 0.351 e. The number of rotatable bonds is 3. The lowest BCUT2D eigenvalue weighted by atomic mass is 10.1. The Hall–Kier alpha value is -1.18. The summed E-state index contributed by atoms with van der Waals surface area (Å²) in [5, 5.41) is 2.10. The average molecular weight is 243 g/mol. The Labute approximate surface area is 101 Å².